The van der Waals surface area contributed by atoms with Gasteiger partial charge in [0.15, 0.2) is 0 Å². The second kappa shape index (κ2) is 7.31. The smallest absolute Gasteiger partial charge is 0.269 e. The fraction of sp³-hybridized carbons (Fsp3) is 0.188. The number of sulfonamides is 1. The van der Waals surface area contributed by atoms with Gasteiger partial charge in [-0.3, -0.25) is 19.6 Å². The molecule has 0 saturated heterocycles. The summed E-state index contributed by atoms with van der Waals surface area (Å²) in [4.78, 5) is 21.5. The van der Waals surface area contributed by atoms with Crippen molar-refractivity contribution in [1.82, 2.24) is 0 Å². The fourth-order valence-corrected chi connectivity index (χ4v) is 2.93. The zero-order chi connectivity index (χ0) is 18.6. The van der Waals surface area contributed by atoms with Gasteiger partial charge in [0.25, 0.3) is 15.7 Å². The quantitative estimate of drug-likeness (QED) is 0.604. The number of hydrogen-bond acceptors (Lipinski definition) is 5. The number of rotatable bonds is 6. The van der Waals surface area contributed by atoms with Gasteiger partial charge in [-0.15, -0.1) is 0 Å². The number of nitro benzene ring substituents is 1. The second-order valence-electron chi connectivity index (χ2n) is 5.58. The molecule has 0 spiro atoms. The van der Waals surface area contributed by atoms with Crippen LogP contribution in [0, 0.1) is 16.0 Å². The number of carbonyl (C=O) groups excluding carboxylic acids is 1. The van der Waals surface area contributed by atoms with Crippen molar-refractivity contribution in [2.75, 3.05) is 10.0 Å². The Bertz CT molecular complexity index is 875. The number of benzene rings is 2. The topological polar surface area (TPSA) is 118 Å². The van der Waals surface area contributed by atoms with Crippen molar-refractivity contribution in [2.24, 2.45) is 5.92 Å². The molecule has 0 bridgehead atoms. The van der Waals surface area contributed by atoms with Crippen LogP contribution < -0.4 is 10.0 Å². The Hall–Kier alpha value is -2.94. The number of nitro groups is 1. The average molecular weight is 363 g/mol. The van der Waals surface area contributed by atoms with Crippen molar-refractivity contribution in [3.8, 4) is 0 Å². The Balaban J connectivity index is 2.12. The zero-order valence-electron chi connectivity index (χ0n) is 13.6. The minimum atomic E-state index is -3.87. The lowest BCUT2D eigenvalue weighted by molar-refractivity contribution is -0.384. The van der Waals surface area contributed by atoms with Gasteiger partial charge >= 0.3 is 0 Å². The predicted molar refractivity (Wildman–Crippen MR) is 93.8 cm³/mol. The molecule has 0 aromatic heterocycles. The van der Waals surface area contributed by atoms with E-state index in [1.54, 1.807) is 26.0 Å². The van der Waals surface area contributed by atoms with E-state index in [1.165, 1.54) is 12.1 Å². The summed E-state index contributed by atoms with van der Waals surface area (Å²) in [7, 11) is -3.87. The first-order chi connectivity index (χ1) is 11.7. The number of amides is 1. The van der Waals surface area contributed by atoms with Gasteiger partial charge in [0.2, 0.25) is 5.91 Å². The molecule has 0 aliphatic rings. The molecular formula is C16H17N3O5S. The number of non-ortho nitro benzene ring substituents is 1. The lowest BCUT2D eigenvalue weighted by atomic mass is 10.2. The molecule has 0 radical (unpaired) electrons. The summed E-state index contributed by atoms with van der Waals surface area (Å²) in [5.74, 6) is -0.306. The predicted octanol–water partition coefficient (Wildman–Crippen LogP) is 2.99. The van der Waals surface area contributed by atoms with Gasteiger partial charge in [0, 0.05) is 29.4 Å². The number of nitrogens with zero attached hydrogens (tertiary/aromatic N) is 1. The van der Waals surface area contributed by atoms with E-state index in [0.717, 1.165) is 24.3 Å². The van der Waals surface area contributed by atoms with Gasteiger partial charge in [-0.25, -0.2) is 8.42 Å². The van der Waals surface area contributed by atoms with Crippen LogP contribution in [0.4, 0.5) is 17.1 Å². The number of anilines is 2. The molecule has 8 nitrogen and oxygen atoms in total. The molecule has 0 aliphatic carbocycles. The standard InChI is InChI=1S/C16H17N3O5S/c1-11(2)16(20)17-12-3-5-13(6-4-12)18-25(23,24)15-9-7-14(8-10-15)19(21)22/h3-11,18H,1-2H3,(H,17,20). The van der Waals surface area contributed by atoms with Crippen LogP contribution in [0.25, 0.3) is 0 Å². The first-order valence-electron chi connectivity index (χ1n) is 7.37. The van der Waals surface area contributed by atoms with Crippen molar-refractivity contribution >= 4 is 33.0 Å². The van der Waals surface area contributed by atoms with Crippen molar-refractivity contribution in [2.45, 2.75) is 18.7 Å². The monoisotopic (exact) mass is 363 g/mol. The van der Waals surface area contributed by atoms with E-state index in [2.05, 4.69) is 10.0 Å². The summed E-state index contributed by atoms with van der Waals surface area (Å²) in [5, 5.41) is 13.3. The summed E-state index contributed by atoms with van der Waals surface area (Å²) < 4.78 is 26.9. The maximum atomic E-state index is 12.3. The van der Waals surface area contributed by atoms with Crippen LogP contribution in [0.3, 0.4) is 0 Å². The highest BCUT2D eigenvalue weighted by Gasteiger charge is 2.16. The highest BCUT2D eigenvalue weighted by molar-refractivity contribution is 7.92. The third kappa shape index (κ3) is 4.77. The number of hydrogen-bond donors (Lipinski definition) is 2. The van der Waals surface area contributed by atoms with E-state index in [-0.39, 0.29) is 22.4 Å². The number of nitrogens with one attached hydrogen (secondary N) is 2. The molecule has 0 heterocycles. The molecule has 2 rings (SSSR count). The van der Waals surface area contributed by atoms with Crippen LogP contribution in [0.5, 0.6) is 0 Å². The van der Waals surface area contributed by atoms with Crippen LogP contribution in [0.1, 0.15) is 13.8 Å². The maximum absolute atomic E-state index is 12.3. The van der Waals surface area contributed by atoms with Gasteiger partial charge in [-0.2, -0.15) is 0 Å². The van der Waals surface area contributed by atoms with Crippen molar-refractivity contribution in [1.29, 1.82) is 0 Å². The van der Waals surface area contributed by atoms with Gasteiger partial charge in [0.05, 0.1) is 9.82 Å². The SMILES string of the molecule is CC(C)C(=O)Nc1ccc(NS(=O)(=O)c2ccc([N+](=O)[O-])cc2)cc1. The molecule has 9 heteroatoms. The first kappa shape index (κ1) is 18.4. The molecule has 1 amide bonds. The Morgan fingerprint density at radius 3 is 2.00 bits per heavy atom. The number of carbonyl (C=O) groups is 1. The van der Waals surface area contributed by atoms with Crippen LogP contribution in [-0.4, -0.2) is 19.2 Å². The molecule has 2 N–H and O–H groups in total. The third-order valence-electron chi connectivity index (χ3n) is 3.29. The van der Waals surface area contributed by atoms with E-state index < -0.39 is 14.9 Å². The molecular weight excluding hydrogens is 346 g/mol. The summed E-state index contributed by atoms with van der Waals surface area (Å²) in [6, 6.07) is 10.8. The summed E-state index contributed by atoms with van der Waals surface area (Å²) in [6.07, 6.45) is 0. The van der Waals surface area contributed by atoms with Crippen molar-refractivity contribution in [3.63, 3.8) is 0 Å². The first-order valence-corrected chi connectivity index (χ1v) is 8.85. The van der Waals surface area contributed by atoms with Gasteiger partial charge in [-0.1, -0.05) is 13.8 Å². The van der Waals surface area contributed by atoms with Crippen LogP contribution in [0.2, 0.25) is 0 Å². The van der Waals surface area contributed by atoms with E-state index >= 15 is 0 Å². The minimum Gasteiger partial charge on any atom is -0.326 e. The van der Waals surface area contributed by atoms with Crippen LogP contribution >= 0.6 is 0 Å². The van der Waals surface area contributed by atoms with Crippen LogP contribution in [-0.2, 0) is 14.8 Å². The van der Waals surface area contributed by atoms with E-state index in [4.69, 9.17) is 0 Å². The minimum absolute atomic E-state index is 0.0877. The highest BCUT2D eigenvalue weighted by atomic mass is 32.2. The van der Waals surface area contributed by atoms with Crippen molar-refractivity contribution in [3.05, 3.63) is 58.6 Å². The lowest BCUT2D eigenvalue weighted by Gasteiger charge is -2.10. The molecule has 2 aromatic rings. The molecule has 0 unspecified atom stereocenters. The molecule has 0 atom stereocenters. The Kier molecular flexibility index (Phi) is 5.38. The normalized spacial score (nSPS) is 11.2. The Morgan fingerprint density at radius 1 is 1.00 bits per heavy atom. The molecule has 0 saturated carbocycles. The molecule has 0 aliphatic heterocycles. The molecule has 0 fully saturated rings. The molecule has 132 valence electrons. The lowest BCUT2D eigenvalue weighted by Crippen LogP contribution is -2.17. The summed E-state index contributed by atoms with van der Waals surface area (Å²) in [6.45, 7) is 3.53. The maximum Gasteiger partial charge on any atom is 0.269 e. The Morgan fingerprint density at radius 2 is 1.52 bits per heavy atom. The van der Waals surface area contributed by atoms with Gasteiger partial charge < -0.3 is 5.32 Å². The van der Waals surface area contributed by atoms with Crippen LogP contribution in [0.15, 0.2) is 53.4 Å². The van der Waals surface area contributed by atoms with E-state index in [1.807, 2.05) is 0 Å². The van der Waals surface area contributed by atoms with Gasteiger partial charge in [0.1, 0.15) is 0 Å². The summed E-state index contributed by atoms with van der Waals surface area (Å²) >= 11 is 0. The van der Waals surface area contributed by atoms with E-state index in [0.29, 0.717) is 11.4 Å². The van der Waals surface area contributed by atoms with E-state index in [9.17, 15) is 23.3 Å². The summed E-state index contributed by atoms with van der Waals surface area (Å²) in [5.41, 5.74) is 0.669. The highest BCUT2D eigenvalue weighted by Crippen LogP contribution is 2.20. The zero-order valence-corrected chi connectivity index (χ0v) is 14.4. The van der Waals surface area contributed by atoms with Crippen molar-refractivity contribution < 1.29 is 18.1 Å². The fourth-order valence-electron chi connectivity index (χ4n) is 1.87. The van der Waals surface area contributed by atoms with Gasteiger partial charge in [-0.05, 0) is 36.4 Å². The largest absolute Gasteiger partial charge is 0.326 e. The molecule has 2 aromatic carbocycles. The average Bonchev–Trinajstić information content (AvgIpc) is 2.56. The third-order valence-corrected chi connectivity index (χ3v) is 4.68. The Labute approximate surface area is 145 Å². The second-order valence-corrected chi connectivity index (χ2v) is 7.26. The molecule has 25 heavy (non-hydrogen) atoms.